The molecule has 1 aliphatic rings. The maximum absolute atomic E-state index is 5.66. The molecule has 0 bridgehead atoms. The number of anilines is 1. The molecule has 3 rings (SSSR count). The van der Waals surface area contributed by atoms with Gasteiger partial charge in [0.25, 0.3) is 0 Å². The number of fused-ring (bicyclic) bond motifs is 1. The fraction of sp³-hybridized carbons (Fsp3) is 0.214. The van der Waals surface area contributed by atoms with Crippen molar-refractivity contribution in [2.45, 2.75) is 19.6 Å². The molecule has 0 unspecified atom stereocenters. The topological polar surface area (TPSA) is 42.1 Å². The molecule has 2 heterocycles. The van der Waals surface area contributed by atoms with Crippen molar-refractivity contribution >= 4 is 5.82 Å². The summed E-state index contributed by atoms with van der Waals surface area (Å²) in [6, 6.07) is 12.6. The minimum Gasteiger partial charge on any atom is -0.348 e. The largest absolute Gasteiger partial charge is 0.348 e. The van der Waals surface area contributed by atoms with E-state index in [1.165, 1.54) is 11.1 Å². The molecule has 1 aromatic carbocycles. The number of aromatic nitrogens is 1. The van der Waals surface area contributed by atoms with Crippen molar-refractivity contribution < 1.29 is 0 Å². The molecule has 0 atom stereocenters. The zero-order chi connectivity index (χ0) is 11.7. The van der Waals surface area contributed by atoms with Crippen LogP contribution in [0.15, 0.2) is 42.6 Å². The van der Waals surface area contributed by atoms with Crippen LogP contribution < -0.4 is 10.6 Å². The minimum absolute atomic E-state index is 0.566. The first kappa shape index (κ1) is 10.3. The number of nitrogens with zero attached hydrogens (tertiary/aromatic N) is 2. The number of benzene rings is 1. The maximum atomic E-state index is 5.66. The Hall–Kier alpha value is -1.87. The van der Waals surface area contributed by atoms with Crippen LogP contribution in [-0.2, 0) is 19.6 Å². The van der Waals surface area contributed by atoms with Crippen molar-refractivity contribution in [1.82, 2.24) is 4.98 Å². The summed E-state index contributed by atoms with van der Waals surface area (Å²) in [7, 11) is 0. The first-order valence-electron chi connectivity index (χ1n) is 5.83. The molecular formula is C14H15N3. The monoisotopic (exact) mass is 225 g/mol. The molecule has 0 aliphatic carbocycles. The second kappa shape index (κ2) is 4.18. The Balaban J connectivity index is 1.88. The van der Waals surface area contributed by atoms with Gasteiger partial charge in [-0.15, -0.1) is 0 Å². The predicted molar refractivity (Wildman–Crippen MR) is 68.5 cm³/mol. The van der Waals surface area contributed by atoms with E-state index in [0.29, 0.717) is 6.54 Å². The van der Waals surface area contributed by atoms with Gasteiger partial charge < -0.3 is 10.6 Å². The highest BCUT2D eigenvalue weighted by Crippen LogP contribution is 2.26. The van der Waals surface area contributed by atoms with Gasteiger partial charge in [-0.1, -0.05) is 24.3 Å². The summed E-state index contributed by atoms with van der Waals surface area (Å²) in [5.74, 6) is 1.02. The third-order valence-electron chi connectivity index (χ3n) is 3.21. The molecular weight excluding hydrogens is 210 g/mol. The number of rotatable bonds is 2. The molecule has 17 heavy (non-hydrogen) atoms. The quantitative estimate of drug-likeness (QED) is 0.850. The smallest absolute Gasteiger partial charge is 0.129 e. The van der Waals surface area contributed by atoms with E-state index in [1.807, 2.05) is 12.3 Å². The van der Waals surface area contributed by atoms with Crippen molar-refractivity contribution in [3.05, 3.63) is 59.3 Å². The Labute approximate surface area is 101 Å². The second-order valence-electron chi connectivity index (χ2n) is 4.35. The highest BCUT2D eigenvalue weighted by atomic mass is 15.2. The van der Waals surface area contributed by atoms with Gasteiger partial charge in [-0.25, -0.2) is 4.98 Å². The Kier molecular flexibility index (Phi) is 2.53. The van der Waals surface area contributed by atoms with Crippen LogP contribution in [0.4, 0.5) is 5.82 Å². The Morgan fingerprint density at radius 1 is 1.12 bits per heavy atom. The van der Waals surface area contributed by atoms with Crippen LogP contribution in [0.25, 0.3) is 0 Å². The third-order valence-corrected chi connectivity index (χ3v) is 3.21. The van der Waals surface area contributed by atoms with Gasteiger partial charge >= 0.3 is 0 Å². The fourth-order valence-electron chi connectivity index (χ4n) is 2.26. The number of nitrogens with two attached hydrogens (primary N) is 1. The highest BCUT2D eigenvalue weighted by molar-refractivity contribution is 5.48. The van der Waals surface area contributed by atoms with Crippen LogP contribution in [0.5, 0.6) is 0 Å². The molecule has 0 fully saturated rings. The van der Waals surface area contributed by atoms with Crippen LogP contribution in [-0.4, -0.2) is 4.98 Å². The molecule has 0 saturated carbocycles. The van der Waals surface area contributed by atoms with Crippen LogP contribution in [0.1, 0.15) is 16.7 Å². The van der Waals surface area contributed by atoms with Gasteiger partial charge in [0.1, 0.15) is 5.82 Å². The average molecular weight is 225 g/mol. The van der Waals surface area contributed by atoms with Crippen molar-refractivity contribution in [3.63, 3.8) is 0 Å². The molecule has 0 amide bonds. The Morgan fingerprint density at radius 2 is 1.82 bits per heavy atom. The summed E-state index contributed by atoms with van der Waals surface area (Å²) < 4.78 is 0. The molecule has 2 N–H and O–H groups in total. The van der Waals surface area contributed by atoms with Gasteiger partial charge in [0.05, 0.1) is 0 Å². The lowest BCUT2D eigenvalue weighted by Gasteiger charge is -2.16. The lowest BCUT2D eigenvalue weighted by atomic mass is 10.1. The van der Waals surface area contributed by atoms with E-state index in [1.54, 1.807) is 0 Å². The standard InChI is InChI=1S/C14H15N3/c15-8-11-5-6-16-14(7-11)17-9-12-3-1-2-4-13(12)10-17/h1-7H,8-10,15H2. The Bertz CT molecular complexity index is 511. The minimum atomic E-state index is 0.566. The van der Waals surface area contributed by atoms with E-state index in [-0.39, 0.29) is 0 Å². The number of pyridine rings is 1. The van der Waals surface area contributed by atoms with E-state index in [9.17, 15) is 0 Å². The number of hydrogen-bond acceptors (Lipinski definition) is 3. The summed E-state index contributed by atoms with van der Waals surface area (Å²) in [5.41, 5.74) is 9.58. The lowest BCUT2D eigenvalue weighted by Crippen LogP contribution is -2.16. The van der Waals surface area contributed by atoms with Crippen LogP contribution in [0.3, 0.4) is 0 Å². The highest BCUT2D eigenvalue weighted by Gasteiger charge is 2.19. The molecule has 2 aromatic rings. The summed E-state index contributed by atoms with van der Waals surface area (Å²) in [6.45, 7) is 2.45. The molecule has 0 spiro atoms. The van der Waals surface area contributed by atoms with Crippen LogP contribution in [0, 0.1) is 0 Å². The van der Waals surface area contributed by atoms with E-state index >= 15 is 0 Å². The molecule has 1 aromatic heterocycles. The molecule has 3 heteroatoms. The van der Waals surface area contributed by atoms with Gasteiger partial charge in [-0.2, -0.15) is 0 Å². The zero-order valence-corrected chi connectivity index (χ0v) is 9.63. The third kappa shape index (κ3) is 1.89. The Morgan fingerprint density at radius 3 is 2.47 bits per heavy atom. The van der Waals surface area contributed by atoms with Gasteiger partial charge in [0.2, 0.25) is 0 Å². The van der Waals surface area contributed by atoms with Gasteiger partial charge in [0.15, 0.2) is 0 Å². The lowest BCUT2D eigenvalue weighted by molar-refractivity contribution is 0.853. The molecule has 0 radical (unpaired) electrons. The predicted octanol–water partition coefficient (Wildman–Crippen LogP) is 2.06. The first-order valence-corrected chi connectivity index (χ1v) is 5.83. The molecule has 3 nitrogen and oxygen atoms in total. The number of hydrogen-bond donors (Lipinski definition) is 1. The normalized spacial score (nSPS) is 13.8. The van der Waals surface area contributed by atoms with E-state index in [2.05, 4.69) is 40.2 Å². The van der Waals surface area contributed by atoms with Gasteiger partial charge in [-0.05, 0) is 28.8 Å². The van der Waals surface area contributed by atoms with Crippen molar-refractivity contribution in [2.24, 2.45) is 5.73 Å². The average Bonchev–Trinajstić information content (AvgIpc) is 2.82. The van der Waals surface area contributed by atoms with E-state index in [4.69, 9.17) is 5.73 Å². The maximum Gasteiger partial charge on any atom is 0.129 e. The zero-order valence-electron chi connectivity index (χ0n) is 9.63. The van der Waals surface area contributed by atoms with E-state index < -0.39 is 0 Å². The van der Waals surface area contributed by atoms with Gasteiger partial charge in [0, 0.05) is 25.8 Å². The fourth-order valence-corrected chi connectivity index (χ4v) is 2.26. The van der Waals surface area contributed by atoms with Gasteiger partial charge in [-0.3, -0.25) is 0 Å². The van der Waals surface area contributed by atoms with Crippen molar-refractivity contribution in [1.29, 1.82) is 0 Å². The van der Waals surface area contributed by atoms with Crippen LogP contribution >= 0.6 is 0 Å². The van der Waals surface area contributed by atoms with E-state index in [0.717, 1.165) is 24.5 Å². The second-order valence-corrected chi connectivity index (χ2v) is 4.35. The SMILES string of the molecule is NCc1ccnc(N2Cc3ccccc3C2)c1. The summed E-state index contributed by atoms with van der Waals surface area (Å²) in [5, 5.41) is 0. The first-order chi connectivity index (χ1) is 8.36. The van der Waals surface area contributed by atoms with Crippen LogP contribution in [0.2, 0.25) is 0 Å². The van der Waals surface area contributed by atoms with Crippen molar-refractivity contribution in [2.75, 3.05) is 4.90 Å². The molecule has 1 aliphatic heterocycles. The van der Waals surface area contributed by atoms with Crippen molar-refractivity contribution in [3.8, 4) is 0 Å². The summed E-state index contributed by atoms with van der Waals surface area (Å²) in [4.78, 5) is 6.70. The summed E-state index contributed by atoms with van der Waals surface area (Å²) in [6.07, 6.45) is 1.83. The molecule has 0 saturated heterocycles. The summed E-state index contributed by atoms with van der Waals surface area (Å²) >= 11 is 0. The molecule has 86 valence electrons.